The SMILES string of the molecule is CC(C)C(CCO)N1C(=O)CCC1=O. The average Bonchev–Trinajstić information content (AvgIpc) is 2.43. The molecule has 14 heavy (non-hydrogen) atoms. The van der Waals surface area contributed by atoms with Crippen molar-refractivity contribution in [3.8, 4) is 0 Å². The van der Waals surface area contributed by atoms with Crippen molar-refractivity contribution < 1.29 is 14.7 Å². The lowest BCUT2D eigenvalue weighted by Crippen LogP contribution is -2.43. The zero-order chi connectivity index (χ0) is 10.7. The van der Waals surface area contributed by atoms with Gasteiger partial charge in [0.15, 0.2) is 0 Å². The van der Waals surface area contributed by atoms with Gasteiger partial charge in [-0.15, -0.1) is 0 Å². The molecular weight excluding hydrogens is 182 g/mol. The fraction of sp³-hybridized carbons (Fsp3) is 0.800. The number of imide groups is 1. The third-order valence-electron chi connectivity index (χ3n) is 2.62. The molecule has 1 unspecified atom stereocenters. The van der Waals surface area contributed by atoms with Gasteiger partial charge in [-0.05, 0) is 12.3 Å². The summed E-state index contributed by atoms with van der Waals surface area (Å²) in [7, 11) is 0. The van der Waals surface area contributed by atoms with E-state index in [-0.39, 0.29) is 30.4 Å². The Labute approximate surface area is 83.9 Å². The van der Waals surface area contributed by atoms with Crippen LogP contribution in [0.25, 0.3) is 0 Å². The van der Waals surface area contributed by atoms with E-state index < -0.39 is 0 Å². The van der Waals surface area contributed by atoms with E-state index in [0.717, 1.165) is 0 Å². The lowest BCUT2D eigenvalue weighted by molar-refractivity contribution is -0.142. The zero-order valence-electron chi connectivity index (χ0n) is 8.69. The maximum absolute atomic E-state index is 11.4. The summed E-state index contributed by atoms with van der Waals surface area (Å²) in [4.78, 5) is 24.2. The molecule has 2 amide bonds. The molecule has 0 spiro atoms. The van der Waals surface area contributed by atoms with Crippen molar-refractivity contribution in [1.82, 2.24) is 4.90 Å². The second-order valence-electron chi connectivity index (χ2n) is 3.98. The Morgan fingerprint density at radius 3 is 2.14 bits per heavy atom. The minimum absolute atomic E-state index is 0.0138. The maximum Gasteiger partial charge on any atom is 0.229 e. The van der Waals surface area contributed by atoms with Crippen molar-refractivity contribution in [3.05, 3.63) is 0 Å². The fourth-order valence-electron chi connectivity index (χ4n) is 1.86. The van der Waals surface area contributed by atoms with Gasteiger partial charge in [-0.2, -0.15) is 0 Å². The molecule has 1 N–H and O–H groups in total. The van der Waals surface area contributed by atoms with Crippen LogP contribution in [-0.4, -0.2) is 34.5 Å². The number of nitrogens with zero attached hydrogens (tertiary/aromatic N) is 1. The number of amides is 2. The highest BCUT2D eigenvalue weighted by Gasteiger charge is 2.35. The summed E-state index contributed by atoms with van der Waals surface area (Å²) in [6, 6.07) is -0.137. The van der Waals surface area contributed by atoms with E-state index in [0.29, 0.717) is 19.3 Å². The van der Waals surface area contributed by atoms with Crippen molar-refractivity contribution >= 4 is 11.8 Å². The van der Waals surface area contributed by atoms with Gasteiger partial charge in [-0.1, -0.05) is 13.8 Å². The summed E-state index contributed by atoms with van der Waals surface area (Å²) < 4.78 is 0. The number of carbonyl (C=O) groups excluding carboxylic acids is 2. The van der Waals surface area contributed by atoms with Gasteiger partial charge in [0.25, 0.3) is 0 Å². The van der Waals surface area contributed by atoms with Crippen molar-refractivity contribution in [2.75, 3.05) is 6.61 Å². The second-order valence-corrected chi connectivity index (χ2v) is 3.98. The summed E-state index contributed by atoms with van der Waals surface area (Å²) >= 11 is 0. The molecule has 0 saturated carbocycles. The van der Waals surface area contributed by atoms with Crippen LogP contribution < -0.4 is 0 Å². The first-order chi connectivity index (χ1) is 6.57. The van der Waals surface area contributed by atoms with E-state index in [2.05, 4.69) is 0 Å². The first-order valence-electron chi connectivity index (χ1n) is 5.03. The highest BCUT2D eigenvalue weighted by molar-refractivity contribution is 6.02. The smallest absolute Gasteiger partial charge is 0.229 e. The van der Waals surface area contributed by atoms with Crippen LogP contribution >= 0.6 is 0 Å². The summed E-state index contributed by atoms with van der Waals surface area (Å²) in [5.41, 5.74) is 0. The molecule has 0 radical (unpaired) electrons. The summed E-state index contributed by atoms with van der Waals surface area (Å²) in [6.07, 6.45) is 1.14. The Kier molecular flexibility index (Phi) is 3.63. The topological polar surface area (TPSA) is 57.6 Å². The Morgan fingerprint density at radius 1 is 1.29 bits per heavy atom. The molecule has 0 aliphatic carbocycles. The summed E-state index contributed by atoms with van der Waals surface area (Å²) in [5, 5.41) is 8.87. The monoisotopic (exact) mass is 199 g/mol. The van der Waals surface area contributed by atoms with Gasteiger partial charge in [0, 0.05) is 25.5 Å². The van der Waals surface area contributed by atoms with Gasteiger partial charge in [-0.25, -0.2) is 0 Å². The van der Waals surface area contributed by atoms with Crippen molar-refractivity contribution in [3.63, 3.8) is 0 Å². The van der Waals surface area contributed by atoms with E-state index in [1.165, 1.54) is 4.90 Å². The Balaban J connectivity index is 2.75. The van der Waals surface area contributed by atoms with Crippen LogP contribution in [0, 0.1) is 5.92 Å². The van der Waals surface area contributed by atoms with Gasteiger partial charge < -0.3 is 5.11 Å². The first kappa shape index (κ1) is 11.2. The highest BCUT2D eigenvalue weighted by atomic mass is 16.3. The fourth-order valence-corrected chi connectivity index (χ4v) is 1.86. The highest BCUT2D eigenvalue weighted by Crippen LogP contribution is 2.22. The van der Waals surface area contributed by atoms with E-state index in [1.807, 2.05) is 13.8 Å². The Hall–Kier alpha value is -0.900. The Morgan fingerprint density at radius 2 is 1.79 bits per heavy atom. The second kappa shape index (κ2) is 4.55. The minimum Gasteiger partial charge on any atom is -0.396 e. The molecule has 0 aromatic carbocycles. The number of aliphatic hydroxyl groups is 1. The van der Waals surface area contributed by atoms with Crippen LogP contribution in [0.4, 0.5) is 0 Å². The quantitative estimate of drug-likeness (QED) is 0.672. The largest absolute Gasteiger partial charge is 0.396 e. The molecule has 80 valence electrons. The lowest BCUT2D eigenvalue weighted by Gasteiger charge is -2.28. The molecule has 0 aromatic heterocycles. The van der Waals surface area contributed by atoms with Crippen molar-refractivity contribution in [1.29, 1.82) is 0 Å². The van der Waals surface area contributed by atoms with E-state index in [4.69, 9.17) is 5.11 Å². The van der Waals surface area contributed by atoms with Gasteiger partial charge >= 0.3 is 0 Å². The molecule has 1 atom stereocenters. The molecule has 1 fully saturated rings. The predicted octanol–water partition coefficient (Wildman–Crippen LogP) is 0.542. The van der Waals surface area contributed by atoms with Crippen LogP contribution in [0.3, 0.4) is 0 Å². The minimum atomic E-state index is -0.137. The lowest BCUT2D eigenvalue weighted by atomic mass is 10.00. The molecule has 1 heterocycles. The molecule has 1 aliphatic heterocycles. The number of hydrogen-bond acceptors (Lipinski definition) is 3. The van der Waals surface area contributed by atoms with Crippen LogP contribution in [-0.2, 0) is 9.59 Å². The molecule has 0 bridgehead atoms. The molecule has 1 saturated heterocycles. The number of hydrogen-bond donors (Lipinski definition) is 1. The molecule has 1 aliphatic rings. The van der Waals surface area contributed by atoms with Crippen molar-refractivity contribution in [2.45, 2.75) is 39.2 Å². The van der Waals surface area contributed by atoms with E-state index in [1.54, 1.807) is 0 Å². The van der Waals surface area contributed by atoms with E-state index in [9.17, 15) is 9.59 Å². The molecule has 4 nitrogen and oxygen atoms in total. The van der Waals surface area contributed by atoms with Crippen molar-refractivity contribution in [2.24, 2.45) is 5.92 Å². The number of likely N-dealkylation sites (tertiary alicyclic amines) is 1. The molecular formula is C10H17NO3. The maximum atomic E-state index is 11.4. The van der Waals surface area contributed by atoms with E-state index >= 15 is 0 Å². The van der Waals surface area contributed by atoms with Crippen LogP contribution in [0.15, 0.2) is 0 Å². The zero-order valence-corrected chi connectivity index (χ0v) is 8.69. The molecule has 0 aromatic rings. The van der Waals surface area contributed by atoms with Gasteiger partial charge in [0.2, 0.25) is 11.8 Å². The van der Waals surface area contributed by atoms with Gasteiger partial charge in [0.1, 0.15) is 0 Å². The normalized spacial score (nSPS) is 19.6. The van der Waals surface area contributed by atoms with Gasteiger partial charge in [0.05, 0.1) is 0 Å². The average molecular weight is 199 g/mol. The summed E-state index contributed by atoms with van der Waals surface area (Å²) in [5.74, 6) is 0.0115. The molecule has 1 rings (SSSR count). The Bertz CT molecular complexity index is 222. The number of rotatable bonds is 4. The first-order valence-corrected chi connectivity index (χ1v) is 5.03. The number of carbonyl (C=O) groups is 2. The standard InChI is InChI=1S/C10H17NO3/c1-7(2)8(5-6-12)11-9(13)3-4-10(11)14/h7-8,12H,3-6H2,1-2H3. The third kappa shape index (κ3) is 2.12. The van der Waals surface area contributed by atoms with Gasteiger partial charge in [-0.3, -0.25) is 14.5 Å². The summed E-state index contributed by atoms with van der Waals surface area (Å²) in [6.45, 7) is 3.93. The predicted molar refractivity (Wildman–Crippen MR) is 51.4 cm³/mol. The third-order valence-corrected chi connectivity index (χ3v) is 2.62. The number of aliphatic hydroxyl groups excluding tert-OH is 1. The van der Waals surface area contributed by atoms with Crippen LogP contribution in [0.5, 0.6) is 0 Å². The molecule has 4 heteroatoms. The van der Waals surface area contributed by atoms with Crippen LogP contribution in [0.1, 0.15) is 33.1 Å². The van der Waals surface area contributed by atoms with Crippen LogP contribution in [0.2, 0.25) is 0 Å².